The first-order valence-electron chi connectivity index (χ1n) is 8.68. The summed E-state index contributed by atoms with van der Waals surface area (Å²) in [6.45, 7) is 6.98. The van der Waals surface area contributed by atoms with Gasteiger partial charge in [0.05, 0.1) is 12.1 Å². The van der Waals surface area contributed by atoms with Gasteiger partial charge in [0.25, 0.3) is 0 Å². The highest BCUT2D eigenvalue weighted by molar-refractivity contribution is 5.86. The van der Waals surface area contributed by atoms with Crippen molar-refractivity contribution in [2.75, 3.05) is 13.1 Å². The van der Waals surface area contributed by atoms with E-state index >= 15 is 0 Å². The lowest BCUT2D eigenvalue weighted by molar-refractivity contribution is -0.138. The summed E-state index contributed by atoms with van der Waals surface area (Å²) in [5.41, 5.74) is -2.79. The number of ketones is 1. The third-order valence-corrected chi connectivity index (χ3v) is 4.24. The number of amides is 1. The van der Waals surface area contributed by atoms with E-state index in [1.165, 1.54) is 24.0 Å². The van der Waals surface area contributed by atoms with Crippen LogP contribution in [0.4, 0.5) is 18.0 Å². The number of ether oxygens (including phenoxy) is 2. The Morgan fingerprint density at radius 2 is 1.70 bits per heavy atom. The first kappa shape index (κ1) is 21.1. The third kappa shape index (κ3) is 5.37. The van der Waals surface area contributed by atoms with Crippen LogP contribution in [-0.2, 0) is 15.7 Å². The number of hydrogen-bond acceptors (Lipinski definition) is 4. The van der Waals surface area contributed by atoms with Crippen molar-refractivity contribution < 1.29 is 32.2 Å². The maximum Gasteiger partial charge on any atom is 0.416 e. The zero-order valence-corrected chi connectivity index (χ0v) is 15.9. The second-order valence-electron chi connectivity index (χ2n) is 7.68. The molecule has 1 aromatic rings. The predicted octanol–water partition coefficient (Wildman–Crippen LogP) is 4.44. The fourth-order valence-electron chi connectivity index (χ4n) is 2.88. The quantitative estimate of drug-likeness (QED) is 0.769. The molecule has 8 heteroatoms. The number of Topliss-reactive ketones (excluding diaryl/α,β-unsaturated/α-hetero) is 1. The molecule has 1 aromatic carbocycles. The Morgan fingerprint density at radius 3 is 2.19 bits per heavy atom. The smallest absolute Gasteiger partial charge is 0.416 e. The largest absolute Gasteiger partial charge is 0.478 e. The van der Waals surface area contributed by atoms with Crippen molar-refractivity contribution in [2.45, 2.75) is 57.9 Å². The SMILES string of the molecule is CC(=O)C1(Oc2ccc(C(F)(F)F)cc2)CCCN(C(=O)OC(C)(C)C)C1. The molecule has 1 aliphatic heterocycles. The third-order valence-electron chi connectivity index (χ3n) is 4.24. The Kier molecular flexibility index (Phi) is 5.77. The molecule has 1 fully saturated rings. The molecule has 1 amide bonds. The van der Waals surface area contributed by atoms with Crippen LogP contribution in [0.25, 0.3) is 0 Å². The van der Waals surface area contributed by atoms with Crippen LogP contribution < -0.4 is 4.74 Å². The lowest BCUT2D eigenvalue weighted by Gasteiger charge is -2.41. The monoisotopic (exact) mass is 387 g/mol. The van der Waals surface area contributed by atoms with Crippen LogP contribution in [0.1, 0.15) is 46.1 Å². The molecule has 2 rings (SSSR count). The summed E-state index contributed by atoms with van der Waals surface area (Å²) in [6.07, 6.45) is -4.12. The molecule has 1 unspecified atom stereocenters. The molecule has 0 aromatic heterocycles. The number of benzene rings is 1. The van der Waals surface area contributed by atoms with Gasteiger partial charge >= 0.3 is 12.3 Å². The highest BCUT2D eigenvalue weighted by atomic mass is 19.4. The molecule has 1 aliphatic rings. The Hall–Kier alpha value is -2.25. The molecule has 0 bridgehead atoms. The molecular weight excluding hydrogens is 363 g/mol. The second kappa shape index (κ2) is 7.40. The van der Waals surface area contributed by atoms with E-state index in [-0.39, 0.29) is 18.1 Å². The van der Waals surface area contributed by atoms with Crippen LogP contribution in [0.5, 0.6) is 5.75 Å². The molecule has 1 heterocycles. The minimum Gasteiger partial charge on any atom is -0.478 e. The fraction of sp³-hybridized carbons (Fsp3) is 0.579. The average molecular weight is 387 g/mol. The molecule has 5 nitrogen and oxygen atoms in total. The van der Waals surface area contributed by atoms with Gasteiger partial charge in [-0.15, -0.1) is 0 Å². The predicted molar refractivity (Wildman–Crippen MR) is 92.5 cm³/mol. The van der Waals surface area contributed by atoms with Crippen LogP contribution in [0.2, 0.25) is 0 Å². The van der Waals surface area contributed by atoms with Gasteiger partial charge in [-0.25, -0.2) is 4.79 Å². The summed E-state index contributed by atoms with van der Waals surface area (Å²) in [5.74, 6) is -0.153. The van der Waals surface area contributed by atoms with Crippen molar-refractivity contribution in [3.05, 3.63) is 29.8 Å². The topological polar surface area (TPSA) is 55.8 Å². The molecule has 150 valence electrons. The van der Waals surface area contributed by atoms with Crippen molar-refractivity contribution in [1.29, 1.82) is 0 Å². The lowest BCUT2D eigenvalue weighted by atomic mass is 9.89. The molecule has 0 radical (unpaired) electrons. The van der Waals surface area contributed by atoms with E-state index in [0.717, 1.165) is 12.1 Å². The minimum absolute atomic E-state index is 0.0156. The number of halogens is 3. The fourth-order valence-corrected chi connectivity index (χ4v) is 2.88. The summed E-state index contributed by atoms with van der Waals surface area (Å²) < 4.78 is 49.3. The summed E-state index contributed by atoms with van der Waals surface area (Å²) in [5, 5.41) is 0. The maximum atomic E-state index is 12.7. The molecule has 0 spiro atoms. The van der Waals surface area contributed by atoms with Gasteiger partial charge in [-0.2, -0.15) is 13.2 Å². The lowest BCUT2D eigenvalue weighted by Crippen LogP contribution is -2.58. The highest BCUT2D eigenvalue weighted by Crippen LogP contribution is 2.33. The molecule has 0 saturated carbocycles. The van der Waals surface area contributed by atoms with E-state index in [4.69, 9.17) is 9.47 Å². The first-order chi connectivity index (χ1) is 12.3. The van der Waals surface area contributed by atoms with Crippen LogP contribution in [-0.4, -0.2) is 41.1 Å². The van der Waals surface area contributed by atoms with Crippen LogP contribution >= 0.6 is 0 Å². The van der Waals surface area contributed by atoms with Gasteiger partial charge in [-0.3, -0.25) is 4.79 Å². The van der Waals surface area contributed by atoms with Gasteiger partial charge in [0, 0.05) is 6.54 Å². The zero-order valence-electron chi connectivity index (χ0n) is 15.9. The molecule has 27 heavy (non-hydrogen) atoms. The molecule has 1 atom stereocenters. The number of piperidine rings is 1. The second-order valence-corrected chi connectivity index (χ2v) is 7.68. The average Bonchev–Trinajstić information content (AvgIpc) is 2.53. The van der Waals surface area contributed by atoms with Crippen molar-refractivity contribution >= 4 is 11.9 Å². The van der Waals surface area contributed by atoms with Gasteiger partial charge < -0.3 is 14.4 Å². The normalized spacial score (nSPS) is 20.9. The van der Waals surface area contributed by atoms with Crippen molar-refractivity contribution in [1.82, 2.24) is 4.90 Å². The number of hydrogen-bond donors (Lipinski definition) is 0. The van der Waals surface area contributed by atoms with Crippen molar-refractivity contribution in [3.8, 4) is 5.75 Å². The van der Waals surface area contributed by atoms with Gasteiger partial charge in [-0.1, -0.05) is 0 Å². The van der Waals surface area contributed by atoms with Gasteiger partial charge in [-0.05, 0) is 64.8 Å². The number of nitrogens with zero attached hydrogens (tertiary/aromatic N) is 1. The number of likely N-dealkylation sites (tertiary alicyclic amines) is 1. The van der Waals surface area contributed by atoms with Gasteiger partial charge in [0.1, 0.15) is 11.4 Å². The summed E-state index contributed by atoms with van der Waals surface area (Å²) in [7, 11) is 0. The Labute approximate surface area is 156 Å². The summed E-state index contributed by atoms with van der Waals surface area (Å²) in [6, 6.07) is 4.16. The molecule has 0 N–H and O–H groups in total. The van der Waals surface area contributed by atoms with Gasteiger partial charge in [0.2, 0.25) is 0 Å². The van der Waals surface area contributed by atoms with Crippen molar-refractivity contribution in [3.63, 3.8) is 0 Å². The maximum absolute atomic E-state index is 12.7. The van der Waals surface area contributed by atoms with Gasteiger partial charge in [0.15, 0.2) is 11.4 Å². The van der Waals surface area contributed by atoms with Crippen LogP contribution in [0, 0.1) is 0 Å². The van der Waals surface area contributed by atoms with E-state index in [1.807, 2.05) is 0 Å². The number of rotatable bonds is 3. The van der Waals surface area contributed by atoms with E-state index in [2.05, 4.69) is 0 Å². The summed E-state index contributed by atoms with van der Waals surface area (Å²) in [4.78, 5) is 26.1. The zero-order chi connectivity index (χ0) is 20.5. The summed E-state index contributed by atoms with van der Waals surface area (Å²) >= 11 is 0. The van der Waals surface area contributed by atoms with Crippen LogP contribution in [0.3, 0.4) is 0 Å². The standard InChI is InChI=1S/C19H24F3NO4/c1-13(24)18(26-15-8-6-14(7-9-15)19(20,21)22)10-5-11-23(12-18)16(25)27-17(2,3)4/h6-9H,5,10-12H2,1-4H3. The van der Waals surface area contributed by atoms with Crippen molar-refractivity contribution in [2.24, 2.45) is 0 Å². The Balaban J connectivity index is 2.19. The van der Waals surface area contributed by atoms with E-state index in [9.17, 15) is 22.8 Å². The Bertz CT molecular complexity index is 694. The molecule has 1 saturated heterocycles. The number of carbonyl (C=O) groups excluding carboxylic acids is 2. The van der Waals surface area contributed by atoms with E-state index < -0.39 is 29.0 Å². The number of alkyl halides is 3. The van der Waals surface area contributed by atoms with E-state index in [1.54, 1.807) is 20.8 Å². The minimum atomic E-state index is -4.45. The molecule has 0 aliphatic carbocycles. The first-order valence-corrected chi connectivity index (χ1v) is 8.68. The van der Waals surface area contributed by atoms with Crippen LogP contribution in [0.15, 0.2) is 24.3 Å². The highest BCUT2D eigenvalue weighted by Gasteiger charge is 2.44. The molecular formula is C19H24F3NO4. The number of carbonyl (C=O) groups is 2. The van der Waals surface area contributed by atoms with E-state index in [0.29, 0.717) is 19.4 Å². The Morgan fingerprint density at radius 1 is 1.11 bits per heavy atom.